The molecule has 2 saturated heterocycles. The molecular formula is C5H5NO2S. The summed E-state index contributed by atoms with van der Waals surface area (Å²) < 4.78 is -0.308. The quantitative estimate of drug-likeness (QED) is 0.450. The molecule has 4 heteroatoms. The van der Waals surface area contributed by atoms with Gasteiger partial charge >= 0.3 is 0 Å². The van der Waals surface area contributed by atoms with Crippen LogP contribution in [-0.2, 0) is 9.59 Å². The first-order valence-electron chi connectivity index (χ1n) is 2.73. The van der Waals surface area contributed by atoms with E-state index in [1.807, 2.05) is 0 Å². The van der Waals surface area contributed by atoms with Gasteiger partial charge < -0.3 is 5.32 Å². The highest BCUT2D eigenvalue weighted by molar-refractivity contribution is 8.21. The lowest BCUT2D eigenvalue weighted by atomic mass is 9.96. The Hall–Kier alpha value is -0.350. The van der Waals surface area contributed by atoms with Gasteiger partial charge in [-0.25, -0.2) is 0 Å². The third-order valence-corrected chi connectivity index (χ3v) is 2.94. The van der Waals surface area contributed by atoms with Gasteiger partial charge in [-0.1, -0.05) is 11.8 Å². The Morgan fingerprint density at radius 2 is 2.11 bits per heavy atom. The fourth-order valence-electron chi connectivity index (χ4n) is 0.995. The number of hydrogen-bond acceptors (Lipinski definition) is 4. The van der Waals surface area contributed by atoms with Crippen LogP contribution in [0.2, 0.25) is 0 Å². The van der Waals surface area contributed by atoms with Gasteiger partial charge in [-0.15, -0.1) is 0 Å². The summed E-state index contributed by atoms with van der Waals surface area (Å²) in [6.07, 6.45) is 0. The molecule has 0 amide bonds. The second-order valence-electron chi connectivity index (χ2n) is 2.32. The Bertz CT molecular complexity index is 197. The van der Waals surface area contributed by atoms with E-state index in [4.69, 9.17) is 0 Å². The average Bonchev–Trinajstić information content (AvgIpc) is 1.77. The zero-order valence-electron chi connectivity index (χ0n) is 4.64. The first-order valence-corrected chi connectivity index (χ1v) is 3.55. The van der Waals surface area contributed by atoms with Crippen molar-refractivity contribution in [3.8, 4) is 0 Å². The summed E-state index contributed by atoms with van der Waals surface area (Å²) in [6.45, 7) is 1.37. The van der Waals surface area contributed by atoms with Gasteiger partial charge in [0.1, 0.15) is 4.75 Å². The molecule has 0 aromatic carbocycles. The summed E-state index contributed by atoms with van der Waals surface area (Å²) in [4.78, 5) is 21.2. The summed E-state index contributed by atoms with van der Waals surface area (Å²) >= 11 is 1.17. The maximum absolute atomic E-state index is 10.8. The molecule has 2 heterocycles. The molecule has 3 nitrogen and oxygen atoms in total. The molecule has 0 unspecified atom stereocenters. The van der Waals surface area contributed by atoms with E-state index in [0.29, 0.717) is 13.1 Å². The summed E-state index contributed by atoms with van der Waals surface area (Å²) in [7, 11) is 0. The lowest BCUT2D eigenvalue weighted by Gasteiger charge is -2.44. The van der Waals surface area contributed by atoms with Crippen molar-refractivity contribution in [1.29, 1.82) is 0 Å². The molecule has 2 rings (SSSR count). The highest BCUT2D eigenvalue weighted by Gasteiger charge is 2.58. The van der Waals surface area contributed by atoms with Crippen LogP contribution in [0.3, 0.4) is 0 Å². The van der Waals surface area contributed by atoms with E-state index in [2.05, 4.69) is 5.32 Å². The zero-order chi connectivity index (χ0) is 6.48. The van der Waals surface area contributed by atoms with Gasteiger partial charge in [0.2, 0.25) is 5.78 Å². The van der Waals surface area contributed by atoms with Crippen LogP contribution < -0.4 is 5.32 Å². The molecule has 2 fully saturated rings. The number of nitrogens with one attached hydrogen (secondary N) is 1. The van der Waals surface area contributed by atoms with Gasteiger partial charge in [-0.05, 0) is 0 Å². The fourth-order valence-corrected chi connectivity index (χ4v) is 2.02. The molecule has 0 aromatic heterocycles. The zero-order valence-corrected chi connectivity index (χ0v) is 5.46. The van der Waals surface area contributed by atoms with E-state index < -0.39 is 0 Å². The van der Waals surface area contributed by atoms with Gasteiger partial charge in [-0.2, -0.15) is 0 Å². The third kappa shape index (κ3) is 0.476. The highest BCUT2D eigenvalue weighted by Crippen LogP contribution is 2.41. The molecule has 0 radical (unpaired) electrons. The van der Waals surface area contributed by atoms with Crippen LogP contribution in [-0.4, -0.2) is 28.7 Å². The van der Waals surface area contributed by atoms with Crippen molar-refractivity contribution < 1.29 is 9.59 Å². The first kappa shape index (κ1) is 5.44. The minimum Gasteiger partial charge on any atom is -0.313 e. The maximum Gasteiger partial charge on any atom is 0.257 e. The van der Waals surface area contributed by atoms with E-state index in [1.165, 1.54) is 11.8 Å². The molecule has 1 spiro atoms. The Kier molecular flexibility index (Phi) is 0.834. The number of carbonyl (C=O) groups is 2. The molecule has 9 heavy (non-hydrogen) atoms. The second kappa shape index (κ2) is 1.38. The third-order valence-electron chi connectivity index (χ3n) is 1.71. The molecular weight excluding hydrogens is 138 g/mol. The standard InChI is InChI=1S/C5H5NO2S/c7-3-4(8)9-5(3)1-6-2-5/h6H,1-2H2. The van der Waals surface area contributed by atoms with Crippen LogP contribution >= 0.6 is 11.8 Å². The predicted molar refractivity (Wildman–Crippen MR) is 33.2 cm³/mol. The minimum absolute atomic E-state index is 0.189. The monoisotopic (exact) mass is 143 g/mol. The molecule has 0 atom stereocenters. The average molecular weight is 143 g/mol. The number of Topliss-reactive ketones (excluding diaryl/α,β-unsaturated/α-hetero) is 1. The van der Waals surface area contributed by atoms with Crippen LogP contribution in [0.4, 0.5) is 0 Å². The van der Waals surface area contributed by atoms with Crippen molar-refractivity contribution >= 4 is 22.7 Å². The van der Waals surface area contributed by atoms with Crippen molar-refractivity contribution in [2.24, 2.45) is 0 Å². The predicted octanol–water partition coefficient (Wildman–Crippen LogP) is -0.829. The van der Waals surface area contributed by atoms with E-state index in [9.17, 15) is 9.59 Å². The largest absolute Gasteiger partial charge is 0.313 e. The Morgan fingerprint density at radius 1 is 1.44 bits per heavy atom. The lowest BCUT2D eigenvalue weighted by Crippen LogP contribution is -2.69. The van der Waals surface area contributed by atoms with Crippen molar-refractivity contribution in [1.82, 2.24) is 5.32 Å². The van der Waals surface area contributed by atoms with Crippen molar-refractivity contribution in [2.75, 3.05) is 13.1 Å². The topological polar surface area (TPSA) is 46.2 Å². The van der Waals surface area contributed by atoms with Crippen LogP contribution in [0.1, 0.15) is 0 Å². The van der Waals surface area contributed by atoms with Crippen LogP contribution in [0.5, 0.6) is 0 Å². The van der Waals surface area contributed by atoms with E-state index >= 15 is 0 Å². The molecule has 0 aromatic rings. The first-order chi connectivity index (χ1) is 4.25. The number of hydrogen-bond donors (Lipinski definition) is 1. The highest BCUT2D eigenvalue weighted by atomic mass is 32.2. The van der Waals surface area contributed by atoms with Gasteiger partial charge in [0, 0.05) is 13.1 Å². The Balaban J connectivity index is 2.19. The molecule has 0 bridgehead atoms. The minimum atomic E-state index is -0.308. The van der Waals surface area contributed by atoms with E-state index in [-0.39, 0.29) is 15.6 Å². The number of ketones is 1. The number of thioether (sulfide) groups is 1. The summed E-state index contributed by atoms with van der Waals surface area (Å²) in [5, 5.41) is 2.69. The second-order valence-corrected chi connectivity index (χ2v) is 3.67. The summed E-state index contributed by atoms with van der Waals surface area (Å²) in [5.41, 5.74) is 0. The van der Waals surface area contributed by atoms with Crippen LogP contribution in [0.25, 0.3) is 0 Å². The van der Waals surface area contributed by atoms with Crippen LogP contribution in [0.15, 0.2) is 0 Å². The van der Waals surface area contributed by atoms with Gasteiger partial charge in [0.25, 0.3) is 5.12 Å². The van der Waals surface area contributed by atoms with E-state index in [0.717, 1.165) is 0 Å². The van der Waals surface area contributed by atoms with Crippen molar-refractivity contribution in [2.45, 2.75) is 4.75 Å². The lowest BCUT2D eigenvalue weighted by molar-refractivity contribution is -0.136. The van der Waals surface area contributed by atoms with Crippen molar-refractivity contribution in [3.05, 3.63) is 0 Å². The number of rotatable bonds is 0. The molecule has 0 saturated carbocycles. The van der Waals surface area contributed by atoms with E-state index in [1.54, 1.807) is 0 Å². The molecule has 48 valence electrons. The molecule has 2 aliphatic rings. The summed E-state index contributed by atoms with van der Waals surface area (Å²) in [5.74, 6) is -0.189. The van der Waals surface area contributed by atoms with Crippen LogP contribution in [0, 0.1) is 0 Å². The Labute approximate surface area is 56.2 Å². The molecule has 2 aliphatic heterocycles. The molecule has 1 N–H and O–H groups in total. The van der Waals surface area contributed by atoms with Gasteiger partial charge in [-0.3, -0.25) is 9.59 Å². The van der Waals surface area contributed by atoms with Gasteiger partial charge in [0.15, 0.2) is 0 Å². The fraction of sp³-hybridized carbons (Fsp3) is 0.600. The SMILES string of the molecule is O=C1SC2(CNC2)C1=O. The van der Waals surface area contributed by atoms with Gasteiger partial charge in [0.05, 0.1) is 0 Å². The normalized spacial score (nSPS) is 29.8. The number of carbonyl (C=O) groups excluding carboxylic acids is 2. The Morgan fingerprint density at radius 3 is 2.22 bits per heavy atom. The smallest absolute Gasteiger partial charge is 0.257 e. The molecule has 0 aliphatic carbocycles. The maximum atomic E-state index is 10.8. The van der Waals surface area contributed by atoms with Crippen molar-refractivity contribution in [3.63, 3.8) is 0 Å². The summed E-state index contributed by atoms with van der Waals surface area (Å²) in [6, 6.07) is 0.